The highest BCUT2D eigenvalue weighted by Crippen LogP contribution is 2.25. The first kappa shape index (κ1) is 13.1. The molecule has 0 aliphatic carbocycles. The summed E-state index contributed by atoms with van der Waals surface area (Å²) in [6, 6.07) is 13.9. The molecule has 0 unspecified atom stereocenters. The Hall–Kier alpha value is -2.29. The molecule has 19 heavy (non-hydrogen) atoms. The lowest BCUT2D eigenvalue weighted by Crippen LogP contribution is -2.06. The van der Waals surface area contributed by atoms with Gasteiger partial charge in [0.1, 0.15) is 0 Å². The number of carbonyl (C=O) groups is 1. The normalized spacial score (nSPS) is 10.1. The van der Waals surface area contributed by atoms with Crippen molar-refractivity contribution in [3.63, 3.8) is 0 Å². The van der Waals surface area contributed by atoms with Gasteiger partial charge in [-0.2, -0.15) is 0 Å². The van der Waals surface area contributed by atoms with Crippen LogP contribution >= 0.6 is 0 Å². The van der Waals surface area contributed by atoms with Crippen LogP contribution in [0.3, 0.4) is 0 Å². The largest absolute Gasteiger partial charge is 0.355 e. The maximum Gasteiger partial charge on any atom is 0.221 e. The van der Waals surface area contributed by atoms with E-state index in [1.54, 1.807) is 0 Å². The van der Waals surface area contributed by atoms with Crippen molar-refractivity contribution in [2.45, 2.75) is 20.8 Å². The highest BCUT2D eigenvalue weighted by atomic mass is 16.1. The second kappa shape index (κ2) is 5.57. The third kappa shape index (κ3) is 3.35. The molecule has 0 fully saturated rings. The van der Waals surface area contributed by atoms with Crippen molar-refractivity contribution < 1.29 is 4.79 Å². The number of nitrogens with one attached hydrogen (secondary N) is 2. The summed E-state index contributed by atoms with van der Waals surface area (Å²) < 4.78 is 0. The molecule has 0 aliphatic heterocycles. The van der Waals surface area contributed by atoms with Crippen molar-refractivity contribution in [1.29, 1.82) is 0 Å². The molecule has 1 amide bonds. The Morgan fingerprint density at radius 1 is 0.947 bits per heavy atom. The number of hydrogen-bond acceptors (Lipinski definition) is 2. The Kier molecular flexibility index (Phi) is 3.85. The van der Waals surface area contributed by atoms with E-state index in [-0.39, 0.29) is 5.91 Å². The minimum atomic E-state index is -0.0655. The summed E-state index contributed by atoms with van der Waals surface area (Å²) >= 11 is 0. The van der Waals surface area contributed by atoms with Crippen LogP contribution in [0.25, 0.3) is 0 Å². The Morgan fingerprint density at radius 2 is 1.53 bits per heavy atom. The summed E-state index contributed by atoms with van der Waals surface area (Å²) in [4.78, 5) is 11.1. The SMILES string of the molecule is CC(=O)Nc1cccc(Nc2c(C)cccc2C)c1. The second-order valence-corrected chi connectivity index (χ2v) is 4.65. The maximum absolute atomic E-state index is 11.1. The molecule has 0 saturated heterocycles. The lowest BCUT2D eigenvalue weighted by molar-refractivity contribution is -0.114. The van der Waals surface area contributed by atoms with Crippen LogP contribution < -0.4 is 10.6 Å². The van der Waals surface area contributed by atoms with Crippen molar-refractivity contribution in [3.05, 3.63) is 53.6 Å². The van der Waals surface area contributed by atoms with Gasteiger partial charge in [-0.25, -0.2) is 0 Å². The van der Waals surface area contributed by atoms with Crippen molar-refractivity contribution in [2.75, 3.05) is 10.6 Å². The lowest BCUT2D eigenvalue weighted by Gasteiger charge is -2.13. The minimum absolute atomic E-state index is 0.0655. The second-order valence-electron chi connectivity index (χ2n) is 4.65. The zero-order valence-corrected chi connectivity index (χ0v) is 11.4. The lowest BCUT2D eigenvalue weighted by atomic mass is 10.1. The quantitative estimate of drug-likeness (QED) is 0.869. The fourth-order valence-electron chi connectivity index (χ4n) is 2.03. The number of para-hydroxylation sites is 1. The van der Waals surface area contributed by atoms with Crippen LogP contribution in [0.2, 0.25) is 0 Å². The van der Waals surface area contributed by atoms with Crippen LogP contribution in [0, 0.1) is 13.8 Å². The monoisotopic (exact) mass is 254 g/mol. The molecule has 0 spiro atoms. The molecule has 0 aliphatic rings. The van der Waals surface area contributed by atoms with E-state index in [0.717, 1.165) is 17.1 Å². The molecular formula is C16H18N2O. The predicted molar refractivity (Wildman–Crippen MR) is 79.9 cm³/mol. The van der Waals surface area contributed by atoms with Gasteiger partial charge in [0.05, 0.1) is 0 Å². The summed E-state index contributed by atoms with van der Waals surface area (Å²) in [6.07, 6.45) is 0. The molecule has 3 nitrogen and oxygen atoms in total. The first-order chi connectivity index (χ1) is 9.06. The fraction of sp³-hybridized carbons (Fsp3) is 0.188. The molecule has 2 N–H and O–H groups in total. The van der Waals surface area contributed by atoms with E-state index in [9.17, 15) is 4.79 Å². The highest BCUT2D eigenvalue weighted by molar-refractivity contribution is 5.89. The van der Waals surface area contributed by atoms with Gasteiger partial charge in [0.25, 0.3) is 0 Å². The van der Waals surface area contributed by atoms with Crippen LogP contribution in [-0.2, 0) is 4.79 Å². The van der Waals surface area contributed by atoms with Gasteiger partial charge in [0.15, 0.2) is 0 Å². The number of rotatable bonds is 3. The first-order valence-corrected chi connectivity index (χ1v) is 6.27. The van der Waals surface area contributed by atoms with Gasteiger partial charge in [-0.3, -0.25) is 4.79 Å². The van der Waals surface area contributed by atoms with Gasteiger partial charge in [-0.1, -0.05) is 24.3 Å². The van der Waals surface area contributed by atoms with Gasteiger partial charge in [0, 0.05) is 24.0 Å². The van der Waals surface area contributed by atoms with Crippen molar-refractivity contribution in [3.8, 4) is 0 Å². The van der Waals surface area contributed by atoms with Crippen LogP contribution in [0.1, 0.15) is 18.1 Å². The molecule has 0 saturated carbocycles. The van der Waals surface area contributed by atoms with Gasteiger partial charge in [0.2, 0.25) is 5.91 Å². The van der Waals surface area contributed by atoms with Gasteiger partial charge in [-0.05, 0) is 43.2 Å². The number of benzene rings is 2. The van der Waals surface area contributed by atoms with Gasteiger partial charge in [-0.15, -0.1) is 0 Å². The molecule has 2 aromatic rings. The van der Waals surface area contributed by atoms with Crippen molar-refractivity contribution in [1.82, 2.24) is 0 Å². The third-order valence-corrected chi connectivity index (χ3v) is 2.93. The summed E-state index contributed by atoms with van der Waals surface area (Å²) in [7, 11) is 0. The Labute approximate surface area is 113 Å². The van der Waals surface area contributed by atoms with Crippen LogP contribution in [0.4, 0.5) is 17.1 Å². The number of carbonyl (C=O) groups excluding carboxylic acids is 1. The van der Waals surface area contributed by atoms with E-state index in [2.05, 4.69) is 36.6 Å². The van der Waals surface area contributed by atoms with E-state index < -0.39 is 0 Å². The first-order valence-electron chi connectivity index (χ1n) is 6.27. The van der Waals surface area contributed by atoms with E-state index in [0.29, 0.717) is 0 Å². The molecule has 0 heterocycles. The number of anilines is 3. The van der Waals surface area contributed by atoms with Crippen LogP contribution in [0.15, 0.2) is 42.5 Å². The predicted octanol–water partition coefficient (Wildman–Crippen LogP) is 4.01. The summed E-state index contributed by atoms with van der Waals surface area (Å²) in [6.45, 7) is 5.66. The average Bonchev–Trinajstić information content (AvgIpc) is 2.34. The molecule has 2 rings (SSSR count). The van der Waals surface area contributed by atoms with E-state index in [4.69, 9.17) is 0 Å². The maximum atomic E-state index is 11.1. The zero-order chi connectivity index (χ0) is 13.8. The van der Waals surface area contributed by atoms with Crippen LogP contribution in [-0.4, -0.2) is 5.91 Å². The molecule has 98 valence electrons. The summed E-state index contributed by atoms with van der Waals surface area (Å²) in [5, 5.41) is 6.18. The zero-order valence-electron chi connectivity index (χ0n) is 11.4. The van der Waals surface area contributed by atoms with Gasteiger partial charge < -0.3 is 10.6 Å². The molecule has 2 aromatic carbocycles. The fourth-order valence-corrected chi connectivity index (χ4v) is 2.03. The number of hydrogen-bond donors (Lipinski definition) is 2. The minimum Gasteiger partial charge on any atom is -0.355 e. The number of aryl methyl sites for hydroxylation is 2. The Morgan fingerprint density at radius 3 is 2.16 bits per heavy atom. The number of amides is 1. The van der Waals surface area contributed by atoms with Crippen LogP contribution in [0.5, 0.6) is 0 Å². The molecule has 0 atom stereocenters. The third-order valence-electron chi connectivity index (χ3n) is 2.93. The van der Waals surface area contributed by atoms with E-state index in [1.165, 1.54) is 18.1 Å². The van der Waals surface area contributed by atoms with E-state index in [1.807, 2.05) is 30.3 Å². The molecule has 3 heteroatoms. The molecule has 0 bridgehead atoms. The smallest absolute Gasteiger partial charge is 0.221 e. The topological polar surface area (TPSA) is 41.1 Å². The summed E-state index contributed by atoms with van der Waals surface area (Å²) in [5.74, 6) is -0.0655. The van der Waals surface area contributed by atoms with Gasteiger partial charge >= 0.3 is 0 Å². The molecular weight excluding hydrogens is 236 g/mol. The molecule has 0 radical (unpaired) electrons. The van der Waals surface area contributed by atoms with Crippen molar-refractivity contribution >= 4 is 23.0 Å². The average molecular weight is 254 g/mol. The highest BCUT2D eigenvalue weighted by Gasteiger charge is 2.03. The Balaban J connectivity index is 2.26. The van der Waals surface area contributed by atoms with Crippen molar-refractivity contribution in [2.24, 2.45) is 0 Å². The van der Waals surface area contributed by atoms with E-state index >= 15 is 0 Å². The summed E-state index contributed by atoms with van der Waals surface area (Å²) in [5.41, 5.74) is 5.27. The molecule has 0 aromatic heterocycles. The standard InChI is InChI=1S/C16H18N2O/c1-11-6-4-7-12(2)16(11)18-15-9-5-8-14(10-15)17-13(3)19/h4-10,18H,1-3H3,(H,17,19). The Bertz CT molecular complexity index is 585.